The highest BCUT2D eigenvalue weighted by Gasteiger charge is 2.39. The number of pyridine rings is 1. The van der Waals surface area contributed by atoms with Crippen LogP contribution in [0.4, 0.5) is 13.2 Å². The first kappa shape index (κ1) is 17.1. The third-order valence-electron chi connectivity index (χ3n) is 4.38. The van der Waals surface area contributed by atoms with Crippen molar-refractivity contribution >= 4 is 28.6 Å². The first-order valence-electron chi connectivity index (χ1n) is 8.12. The molecule has 2 aliphatic heterocycles. The normalized spacial score (nSPS) is 22.2. The highest BCUT2D eigenvalue weighted by Crippen LogP contribution is 2.39. The summed E-state index contributed by atoms with van der Waals surface area (Å²) in [6.45, 7) is 2.07. The van der Waals surface area contributed by atoms with Gasteiger partial charge in [0.2, 0.25) is 0 Å². The van der Waals surface area contributed by atoms with Crippen molar-refractivity contribution in [2.75, 3.05) is 5.75 Å². The molecule has 5 nitrogen and oxygen atoms in total. The van der Waals surface area contributed by atoms with E-state index in [2.05, 4.69) is 21.8 Å². The van der Waals surface area contributed by atoms with Crippen LogP contribution in [0, 0.1) is 0 Å². The molecule has 9 heteroatoms. The number of aliphatic imine (C=N–C) groups is 1. The fourth-order valence-corrected chi connectivity index (χ4v) is 4.23. The van der Waals surface area contributed by atoms with Gasteiger partial charge in [0.25, 0.3) is 0 Å². The van der Waals surface area contributed by atoms with Crippen molar-refractivity contribution in [3.63, 3.8) is 0 Å². The molecule has 0 fully saturated rings. The van der Waals surface area contributed by atoms with Crippen molar-refractivity contribution < 1.29 is 13.2 Å². The lowest BCUT2D eigenvalue weighted by Gasteiger charge is -2.26. The number of alkyl halides is 3. The maximum atomic E-state index is 12.9. The number of rotatable bonds is 3. The third kappa shape index (κ3) is 2.70. The zero-order valence-corrected chi connectivity index (χ0v) is 14.9. The number of allylic oxidation sites excluding steroid dienone is 2. The summed E-state index contributed by atoms with van der Waals surface area (Å²) in [4.78, 5) is 14.9. The van der Waals surface area contributed by atoms with E-state index in [1.165, 1.54) is 6.20 Å². The third-order valence-corrected chi connectivity index (χ3v) is 5.54. The Hall–Kier alpha value is -2.29. The standard InChI is InChI=1S/C17H16F3N5S/c1-3-26-16-14(23-13-6-4-5-7-25(13)16)15-22-10-8-12(17(18,19)20)21-9-11(10)24(15)2/h4-9,14,16H,3H2,1-2H3. The minimum absolute atomic E-state index is 0.0155. The van der Waals surface area contributed by atoms with E-state index >= 15 is 0 Å². The lowest BCUT2D eigenvalue weighted by molar-refractivity contribution is -0.141. The molecule has 0 aromatic carbocycles. The number of nitrogens with zero attached hydrogens (tertiary/aromatic N) is 5. The van der Waals surface area contributed by atoms with Crippen LogP contribution in [-0.4, -0.2) is 36.4 Å². The molecule has 2 aliphatic rings. The summed E-state index contributed by atoms with van der Waals surface area (Å²) in [6, 6.07) is 0.727. The number of hydrogen-bond donors (Lipinski definition) is 0. The van der Waals surface area contributed by atoms with Gasteiger partial charge in [-0.3, -0.25) is 4.99 Å². The smallest absolute Gasteiger partial charge is 0.328 e. The zero-order valence-electron chi connectivity index (χ0n) is 14.1. The summed E-state index contributed by atoms with van der Waals surface area (Å²) >= 11 is 1.73. The van der Waals surface area contributed by atoms with Crippen LogP contribution in [-0.2, 0) is 13.2 Å². The van der Waals surface area contributed by atoms with Crippen LogP contribution >= 0.6 is 11.8 Å². The molecule has 2 unspecified atom stereocenters. The topological polar surface area (TPSA) is 46.3 Å². The van der Waals surface area contributed by atoms with Crippen LogP contribution in [0.25, 0.3) is 11.0 Å². The molecule has 2 atom stereocenters. The van der Waals surface area contributed by atoms with E-state index in [0.29, 0.717) is 11.3 Å². The quantitative estimate of drug-likeness (QED) is 0.811. The molecule has 26 heavy (non-hydrogen) atoms. The van der Waals surface area contributed by atoms with Crippen LogP contribution < -0.4 is 0 Å². The van der Waals surface area contributed by atoms with Crippen molar-refractivity contribution in [2.24, 2.45) is 12.0 Å². The van der Waals surface area contributed by atoms with E-state index in [-0.39, 0.29) is 16.9 Å². The maximum Gasteiger partial charge on any atom is 0.433 e. The Morgan fingerprint density at radius 3 is 2.81 bits per heavy atom. The number of fused-ring (bicyclic) bond motifs is 2. The minimum Gasteiger partial charge on any atom is -0.328 e. The SMILES string of the molecule is CCSC1C(c2nc3cc(C(F)(F)F)ncc3n2C)N=C2C=CC=CN21. The van der Waals surface area contributed by atoms with Crippen molar-refractivity contribution in [1.29, 1.82) is 0 Å². The van der Waals surface area contributed by atoms with E-state index in [1.807, 2.05) is 24.4 Å². The number of aryl methyl sites for hydroxylation is 1. The highest BCUT2D eigenvalue weighted by molar-refractivity contribution is 7.99. The molecule has 4 rings (SSSR count). The molecule has 0 saturated carbocycles. The molecule has 0 saturated heterocycles. The fraction of sp³-hybridized carbons (Fsp3) is 0.353. The fourth-order valence-electron chi connectivity index (χ4n) is 3.18. The predicted octanol–water partition coefficient (Wildman–Crippen LogP) is 3.91. The Morgan fingerprint density at radius 2 is 2.08 bits per heavy atom. The molecular weight excluding hydrogens is 363 g/mol. The Balaban J connectivity index is 1.80. The number of amidine groups is 1. The van der Waals surface area contributed by atoms with Gasteiger partial charge in [0.05, 0.1) is 17.2 Å². The molecule has 136 valence electrons. The summed E-state index contributed by atoms with van der Waals surface area (Å²) in [5.74, 6) is 2.36. The molecule has 2 aromatic heterocycles. The lowest BCUT2D eigenvalue weighted by atomic mass is 10.2. The van der Waals surface area contributed by atoms with E-state index in [9.17, 15) is 13.2 Å². The van der Waals surface area contributed by atoms with Gasteiger partial charge in [-0.05, 0) is 24.0 Å². The van der Waals surface area contributed by atoms with Gasteiger partial charge < -0.3 is 9.47 Å². The van der Waals surface area contributed by atoms with E-state index < -0.39 is 11.9 Å². The van der Waals surface area contributed by atoms with Gasteiger partial charge in [0.1, 0.15) is 28.8 Å². The van der Waals surface area contributed by atoms with Crippen LogP contribution in [0.1, 0.15) is 24.5 Å². The van der Waals surface area contributed by atoms with Crippen LogP contribution in [0.2, 0.25) is 0 Å². The number of aromatic nitrogens is 3. The molecule has 0 spiro atoms. The number of halogens is 3. The maximum absolute atomic E-state index is 12.9. The average Bonchev–Trinajstić information content (AvgIpc) is 3.13. The van der Waals surface area contributed by atoms with Crippen LogP contribution in [0.15, 0.2) is 41.7 Å². The van der Waals surface area contributed by atoms with Crippen LogP contribution in [0.5, 0.6) is 0 Å². The second-order valence-corrected chi connectivity index (χ2v) is 7.36. The van der Waals surface area contributed by atoms with Crippen molar-refractivity contribution in [1.82, 2.24) is 19.4 Å². The van der Waals surface area contributed by atoms with Crippen molar-refractivity contribution in [3.8, 4) is 0 Å². The summed E-state index contributed by atoms with van der Waals surface area (Å²) < 4.78 is 40.6. The Labute approximate surface area is 152 Å². The first-order chi connectivity index (χ1) is 12.4. The summed E-state index contributed by atoms with van der Waals surface area (Å²) in [6.07, 6.45) is 4.49. The Bertz CT molecular complexity index is 944. The number of imidazole rings is 1. The zero-order chi connectivity index (χ0) is 18.5. The second kappa shape index (κ2) is 6.15. The van der Waals surface area contributed by atoms with Crippen molar-refractivity contribution in [2.45, 2.75) is 24.5 Å². The van der Waals surface area contributed by atoms with Gasteiger partial charge in [-0.15, -0.1) is 11.8 Å². The minimum atomic E-state index is -4.49. The number of thioether (sulfide) groups is 1. The average molecular weight is 379 g/mol. The summed E-state index contributed by atoms with van der Waals surface area (Å²) in [5, 5.41) is 0.0155. The van der Waals surface area contributed by atoms with E-state index in [4.69, 9.17) is 4.99 Å². The Kier molecular flexibility index (Phi) is 4.06. The van der Waals surface area contributed by atoms with Gasteiger partial charge in [0.15, 0.2) is 0 Å². The van der Waals surface area contributed by atoms with Crippen molar-refractivity contribution in [3.05, 3.63) is 48.2 Å². The largest absolute Gasteiger partial charge is 0.433 e. The molecule has 2 aromatic rings. The van der Waals surface area contributed by atoms with E-state index in [0.717, 1.165) is 17.7 Å². The molecule has 0 aliphatic carbocycles. The first-order valence-corrected chi connectivity index (χ1v) is 9.17. The molecule has 0 radical (unpaired) electrons. The summed E-state index contributed by atoms with van der Waals surface area (Å²) in [7, 11) is 1.79. The molecule has 4 heterocycles. The molecule has 0 N–H and O–H groups in total. The van der Waals surface area contributed by atoms with Crippen LogP contribution in [0.3, 0.4) is 0 Å². The van der Waals surface area contributed by atoms with E-state index in [1.54, 1.807) is 23.4 Å². The highest BCUT2D eigenvalue weighted by atomic mass is 32.2. The molecule has 0 amide bonds. The molecule has 0 bridgehead atoms. The van der Waals surface area contributed by atoms with Gasteiger partial charge in [-0.25, -0.2) is 9.97 Å². The van der Waals surface area contributed by atoms with Gasteiger partial charge in [-0.2, -0.15) is 13.2 Å². The lowest BCUT2D eigenvalue weighted by Crippen LogP contribution is -2.31. The Morgan fingerprint density at radius 1 is 1.27 bits per heavy atom. The molecular formula is C17H16F3N5S. The van der Waals surface area contributed by atoms with Gasteiger partial charge >= 0.3 is 6.18 Å². The van der Waals surface area contributed by atoms with Gasteiger partial charge in [-0.1, -0.05) is 13.0 Å². The number of hydrogen-bond acceptors (Lipinski definition) is 5. The van der Waals surface area contributed by atoms with Gasteiger partial charge in [0, 0.05) is 13.2 Å². The second-order valence-electron chi connectivity index (χ2n) is 5.97. The monoisotopic (exact) mass is 379 g/mol. The summed E-state index contributed by atoms with van der Waals surface area (Å²) in [5.41, 5.74) is -0.0965. The predicted molar refractivity (Wildman–Crippen MR) is 95.7 cm³/mol.